The highest BCUT2D eigenvalue weighted by molar-refractivity contribution is 5.92. The van der Waals surface area contributed by atoms with E-state index in [-0.39, 0.29) is 12.0 Å². The van der Waals surface area contributed by atoms with Crippen LogP contribution in [0.2, 0.25) is 0 Å². The molecule has 2 atom stereocenters. The first-order valence-electron chi connectivity index (χ1n) is 8.46. The van der Waals surface area contributed by atoms with Gasteiger partial charge in [0.05, 0.1) is 18.4 Å². The smallest absolute Gasteiger partial charge is 0.347 e. The van der Waals surface area contributed by atoms with E-state index in [0.717, 1.165) is 11.3 Å². The van der Waals surface area contributed by atoms with Gasteiger partial charge in [-0.2, -0.15) is 5.10 Å². The van der Waals surface area contributed by atoms with E-state index in [1.54, 1.807) is 6.92 Å². The number of ether oxygens (including phenoxy) is 2. The van der Waals surface area contributed by atoms with Crippen LogP contribution < -0.4 is 0 Å². The van der Waals surface area contributed by atoms with Gasteiger partial charge in [-0.1, -0.05) is 44.2 Å². The lowest BCUT2D eigenvalue weighted by molar-refractivity contribution is -0.147. The molecule has 0 saturated carbocycles. The first-order valence-corrected chi connectivity index (χ1v) is 8.46. The standard InChI is InChI=1S/C19H22N2O4/c1-12(2)17-15(18(22)25-16-9-13(3)24-19(16)23)10-20-21(17)11-14-7-5-4-6-8-14/h4-8,10,12-13,16H,9,11H2,1-3H3/t13-,16-/m0/s1. The number of aromatic nitrogens is 2. The molecule has 0 bridgehead atoms. The molecule has 1 aromatic heterocycles. The van der Waals surface area contributed by atoms with Gasteiger partial charge in [-0.15, -0.1) is 0 Å². The van der Waals surface area contributed by atoms with Crippen LogP contribution in [0.15, 0.2) is 36.5 Å². The van der Waals surface area contributed by atoms with Crippen molar-refractivity contribution < 1.29 is 19.1 Å². The van der Waals surface area contributed by atoms with Gasteiger partial charge < -0.3 is 9.47 Å². The number of rotatable bonds is 5. The Bertz CT molecular complexity index is 767. The Morgan fingerprint density at radius 2 is 2.08 bits per heavy atom. The summed E-state index contributed by atoms with van der Waals surface area (Å²) < 4.78 is 12.2. The Kier molecular flexibility index (Phi) is 4.88. The highest BCUT2D eigenvalue weighted by atomic mass is 16.6. The van der Waals surface area contributed by atoms with Crippen molar-refractivity contribution in [1.29, 1.82) is 0 Å². The predicted molar refractivity (Wildman–Crippen MR) is 91.2 cm³/mol. The number of cyclic esters (lactones) is 1. The molecule has 1 aliphatic heterocycles. The first-order chi connectivity index (χ1) is 12.0. The van der Waals surface area contributed by atoms with Crippen LogP contribution >= 0.6 is 0 Å². The fraction of sp³-hybridized carbons (Fsp3) is 0.421. The SMILES string of the molecule is CC(C)c1c(C(=O)O[C@H]2C[C@H](C)OC2=O)cnn1Cc1ccccc1. The molecule has 132 valence electrons. The molecule has 1 aliphatic rings. The van der Waals surface area contributed by atoms with Gasteiger partial charge in [-0.3, -0.25) is 4.68 Å². The predicted octanol–water partition coefficient (Wildman–Crippen LogP) is 2.92. The quantitative estimate of drug-likeness (QED) is 0.782. The van der Waals surface area contributed by atoms with Crippen LogP contribution in [-0.4, -0.2) is 33.9 Å². The van der Waals surface area contributed by atoms with Crippen molar-refractivity contribution >= 4 is 11.9 Å². The summed E-state index contributed by atoms with van der Waals surface area (Å²) in [7, 11) is 0. The minimum atomic E-state index is -0.833. The van der Waals surface area contributed by atoms with Crippen molar-refractivity contribution in [3.05, 3.63) is 53.3 Å². The summed E-state index contributed by atoms with van der Waals surface area (Å²) in [6.45, 7) is 6.36. The molecule has 1 fully saturated rings. The van der Waals surface area contributed by atoms with E-state index in [4.69, 9.17) is 9.47 Å². The maximum absolute atomic E-state index is 12.6. The van der Waals surface area contributed by atoms with Crippen molar-refractivity contribution in [3.63, 3.8) is 0 Å². The minimum absolute atomic E-state index is 0.0863. The number of nitrogens with zero attached hydrogens (tertiary/aromatic N) is 2. The Labute approximate surface area is 146 Å². The molecule has 6 nitrogen and oxygen atoms in total. The van der Waals surface area contributed by atoms with E-state index in [0.29, 0.717) is 18.5 Å². The highest BCUT2D eigenvalue weighted by Gasteiger charge is 2.36. The average Bonchev–Trinajstić information content (AvgIpc) is 3.11. The molecule has 6 heteroatoms. The molecule has 0 N–H and O–H groups in total. The zero-order valence-electron chi connectivity index (χ0n) is 14.6. The van der Waals surface area contributed by atoms with Gasteiger partial charge in [0.1, 0.15) is 11.7 Å². The molecular formula is C19H22N2O4. The number of carbonyl (C=O) groups excluding carboxylic acids is 2. The first kappa shape index (κ1) is 17.2. The van der Waals surface area contributed by atoms with Gasteiger partial charge in [0, 0.05) is 6.42 Å². The van der Waals surface area contributed by atoms with Crippen molar-refractivity contribution in [1.82, 2.24) is 9.78 Å². The molecule has 0 aliphatic carbocycles. The lowest BCUT2D eigenvalue weighted by Gasteiger charge is -2.13. The fourth-order valence-electron chi connectivity index (χ4n) is 3.05. The molecule has 1 aromatic carbocycles. The second kappa shape index (κ2) is 7.09. The van der Waals surface area contributed by atoms with Gasteiger partial charge in [-0.05, 0) is 18.4 Å². The van der Waals surface area contributed by atoms with E-state index >= 15 is 0 Å². The van der Waals surface area contributed by atoms with Crippen LogP contribution in [0, 0.1) is 0 Å². The van der Waals surface area contributed by atoms with Gasteiger partial charge in [0.2, 0.25) is 6.10 Å². The molecular weight excluding hydrogens is 320 g/mol. The number of benzene rings is 1. The summed E-state index contributed by atoms with van der Waals surface area (Å²) in [6.07, 6.45) is 0.847. The number of esters is 2. The Hall–Kier alpha value is -2.63. The van der Waals surface area contributed by atoms with E-state index < -0.39 is 18.0 Å². The number of hydrogen-bond donors (Lipinski definition) is 0. The molecule has 2 aromatic rings. The van der Waals surface area contributed by atoms with E-state index in [1.165, 1.54) is 6.20 Å². The third kappa shape index (κ3) is 3.73. The number of carbonyl (C=O) groups is 2. The molecule has 0 radical (unpaired) electrons. The fourth-order valence-corrected chi connectivity index (χ4v) is 3.05. The van der Waals surface area contributed by atoms with Crippen molar-refractivity contribution in [2.24, 2.45) is 0 Å². The summed E-state index contributed by atoms with van der Waals surface area (Å²) >= 11 is 0. The van der Waals surface area contributed by atoms with Crippen LogP contribution in [0.25, 0.3) is 0 Å². The summed E-state index contributed by atoms with van der Waals surface area (Å²) in [5.74, 6) is -0.925. The molecule has 0 amide bonds. The monoisotopic (exact) mass is 342 g/mol. The minimum Gasteiger partial charge on any atom is -0.460 e. The normalized spacial score (nSPS) is 19.9. The van der Waals surface area contributed by atoms with E-state index in [2.05, 4.69) is 5.10 Å². The zero-order chi connectivity index (χ0) is 18.0. The van der Waals surface area contributed by atoms with Crippen LogP contribution in [0.5, 0.6) is 0 Å². The lowest BCUT2D eigenvalue weighted by Crippen LogP contribution is -2.23. The van der Waals surface area contributed by atoms with Gasteiger partial charge in [-0.25, -0.2) is 9.59 Å². The maximum Gasteiger partial charge on any atom is 0.347 e. The van der Waals surface area contributed by atoms with Crippen LogP contribution in [-0.2, 0) is 20.8 Å². The lowest BCUT2D eigenvalue weighted by atomic mass is 10.1. The third-order valence-electron chi connectivity index (χ3n) is 4.20. The molecule has 0 spiro atoms. The van der Waals surface area contributed by atoms with E-state index in [1.807, 2.05) is 48.9 Å². The van der Waals surface area contributed by atoms with Gasteiger partial charge in [0.25, 0.3) is 0 Å². The molecule has 3 rings (SSSR count). The van der Waals surface area contributed by atoms with Gasteiger partial charge >= 0.3 is 11.9 Å². The molecule has 2 heterocycles. The average molecular weight is 342 g/mol. The van der Waals surface area contributed by atoms with Crippen LogP contribution in [0.3, 0.4) is 0 Å². The van der Waals surface area contributed by atoms with Crippen LogP contribution in [0.4, 0.5) is 0 Å². The second-order valence-corrected chi connectivity index (χ2v) is 6.62. The Balaban J connectivity index is 1.81. The maximum atomic E-state index is 12.6. The topological polar surface area (TPSA) is 70.4 Å². The molecule has 25 heavy (non-hydrogen) atoms. The Morgan fingerprint density at radius 1 is 1.36 bits per heavy atom. The van der Waals surface area contributed by atoms with Crippen molar-refractivity contribution in [2.45, 2.75) is 51.9 Å². The summed E-state index contributed by atoms with van der Waals surface area (Å²) in [4.78, 5) is 24.3. The van der Waals surface area contributed by atoms with Crippen molar-refractivity contribution in [3.8, 4) is 0 Å². The summed E-state index contributed by atoms with van der Waals surface area (Å²) in [6, 6.07) is 9.92. The number of hydrogen-bond acceptors (Lipinski definition) is 5. The highest BCUT2D eigenvalue weighted by Crippen LogP contribution is 2.24. The van der Waals surface area contributed by atoms with Gasteiger partial charge in [0.15, 0.2) is 0 Å². The van der Waals surface area contributed by atoms with Crippen molar-refractivity contribution in [2.75, 3.05) is 0 Å². The summed E-state index contributed by atoms with van der Waals surface area (Å²) in [5, 5.41) is 4.36. The molecule has 1 saturated heterocycles. The second-order valence-electron chi connectivity index (χ2n) is 6.62. The third-order valence-corrected chi connectivity index (χ3v) is 4.20. The van der Waals surface area contributed by atoms with E-state index in [9.17, 15) is 9.59 Å². The zero-order valence-corrected chi connectivity index (χ0v) is 14.6. The molecule has 0 unspecified atom stereocenters. The summed E-state index contributed by atoms with van der Waals surface area (Å²) in [5.41, 5.74) is 2.30. The van der Waals surface area contributed by atoms with Crippen LogP contribution in [0.1, 0.15) is 54.7 Å². The largest absolute Gasteiger partial charge is 0.460 e. The Morgan fingerprint density at radius 3 is 2.68 bits per heavy atom.